The van der Waals surface area contributed by atoms with Crippen LogP contribution in [-0.4, -0.2) is 45.8 Å². The number of rotatable bonds is 6. The van der Waals surface area contributed by atoms with Crippen LogP contribution in [0, 0.1) is 12.8 Å². The fourth-order valence-corrected chi connectivity index (χ4v) is 5.73. The van der Waals surface area contributed by atoms with E-state index in [4.69, 9.17) is 4.74 Å². The summed E-state index contributed by atoms with van der Waals surface area (Å²) in [5.41, 5.74) is 2.99. The first kappa shape index (κ1) is 23.7. The number of ether oxygens (including phenoxy) is 1. The van der Waals surface area contributed by atoms with Crippen molar-refractivity contribution in [1.29, 1.82) is 0 Å². The molecule has 0 saturated carbocycles. The van der Waals surface area contributed by atoms with Crippen molar-refractivity contribution in [2.75, 3.05) is 29.5 Å². The van der Waals surface area contributed by atoms with Gasteiger partial charge < -0.3 is 14.5 Å². The van der Waals surface area contributed by atoms with Gasteiger partial charge in [0.1, 0.15) is 11.5 Å². The summed E-state index contributed by atoms with van der Waals surface area (Å²) in [6.45, 7) is 2.41. The SMILES string of the molecule is Cc1cccc(N(CCOC(=O)[C@H]2CC(=O)N(c3ccccc3)C2)C2=NS(=O)(=O)c3ccccc32)c1. The number of esters is 1. The van der Waals surface area contributed by atoms with Crippen molar-refractivity contribution in [3.63, 3.8) is 0 Å². The highest BCUT2D eigenvalue weighted by molar-refractivity contribution is 7.90. The van der Waals surface area contributed by atoms with Gasteiger partial charge in [-0.05, 0) is 48.9 Å². The summed E-state index contributed by atoms with van der Waals surface area (Å²) in [6, 6.07) is 23.5. The number of amides is 1. The average molecular weight is 504 g/mol. The predicted octanol–water partition coefficient (Wildman–Crippen LogP) is 3.55. The van der Waals surface area contributed by atoms with Crippen LogP contribution in [0.2, 0.25) is 0 Å². The molecular formula is C27H25N3O5S. The van der Waals surface area contributed by atoms with Gasteiger partial charge in [0.25, 0.3) is 10.0 Å². The Morgan fingerprint density at radius 1 is 1.06 bits per heavy atom. The fourth-order valence-electron chi connectivity index (χ4n) is 4.51. The maximum absolute atomic E-state index is 12.8. The Morgan fingerprint density at radius 2 is 1.81 bits per heavy atom. The van der Waals surface area contributed by atoms with Gasteiger partial charge >= 0.3 is 5.97 Å². The van der Waals surface area contributed by atoms with E-state index in [1.54, 1.807) is 28.0 Å². The second-order valence-corrected chi connectivity index (χ2v) is 10.4. The lowest BCUT2D eigenvalue weighted by Gasteiger charge is -2.25. The second kappa shape index (κ2) is 9.58. The Balaban J connectivity index is 1.32. The summed E-state index contributed by atoms with van der Waals surface area (Å²) < 4.78 is 35.0. The van der Waals surface area contributed by atoms with E-state index in [1.807, 2.05) is 61.5 Å². The van der Waals surface area contributed by atoms with E-state index < -0.39 is 21.9 Å². The lowest BCUT2D eigenvalue weighted by Crippen LogP contribution is -2.35. The number of amidine groups is 1. The lowest BCUT2D eigenvalue weighted by molar-refractivity contribution is -0.148. The third kappa shape index (κ3) is 4.61. The van der Waals surface area contributed by atoms with E-state index >= 15 is 0 Å². The van der Waals surface area contributed by atoms with Crippen molar-refractivity contribution < 1.29 is 22.7 Å². The van der Waals surface area contributed by atoms with Crippen LogP contribution in [0.4, 0.5) is 11.4 Å². The van der Waals surface area contributed by atoms with Crippen molar-refractivity contribution in [2.45, 2.75) is 18.2 Å². The zero-order valence-corrected chi connectivity index (χ0v) is 20.5. The molecule has 2 aliphatic rings. The molecule has 8 nitrogen and oxygen atoms in total. The quantitative estimate of drug-likeness (QED) is 0.478. The summed E-state index contributed by atoms with van der Waals surface area (Å²) in [5.74, 6) is -0.840. The van der Waals surface area contributed by atoms with Gasteiger partial charge in [-0.2, -0.15) is 8.42 Å². The normalized spacial score (nSPS) is 18.0. The molecule has 0 unspecified atom stereocenters. The Morgan fingerprint density at radius 3 is 2.58 bits per heavy atom. The van der Waals surface area contributed by atoms with Gasteiger partial charge in [-0.1, -0.05) is 42.5 Å². The number of aryl methyl sites for hydroxylation is 1. The van der Waals surface area contributed by atoms with Crippen molar-refractivity contribution in [2.24, 2.45) is 10.3 Å². The number of nitrogens with zero attached hydrogens (tertiary/aromatic N) is 3. The molecule has 1 amide bonds. The maximum Gasteiger partial charge on any atom is 0.311 e. The maximum atomic E-state index is 12.8. The van der Waals surface area contributed by atoms with Crippen molar-refractivity contribution in [3.8, 4) is 0 Å². The van der Waals surface area contributed by atoms with E-state index in [-0.39, 0.29) is 36.9 Å². The molecule has 0 N–H and O–H groups in total. The number of para-hydroxylation sites is 1. The molecule has 36 heavy (non-hydrogen) atoms. The summed E-state index contributed by atoms with van der Waals surface area (Å²) in [4.78, 5) is 28.8. The largest absolute Gasteiger partial charge is 0.464 e. The third-order valence-corrected chi connectivity index (χ3v) is 7.59. The minimum atomic E-state index is -3.82. The van der Waals surface area contributed by atoms with E-state index in [0.29, 0.717) is 11.4 Å². The van der Waals surface area contributed by atoms with Crippen LogP contribution in [0.3, 0.4) is 0 Å². The highest BCUT2D eigenvalue weighted by Crippen LogP contribution is 2.30. The highest BCUT2D eigenvalue weighted by atomic mass is 32.2. The van der Waals surface area contributed by atoms with Gasteiger partial charge in [-0.3, -0.25) is 9.59 Å². The molecule has 0 bridgehead atoms. The topological polar surface area (TPSA) is 96.3 Å². The van der Waals surface area contributed by atoms with Gasteiger partial charge in [0, 0.05) is 29.9 Å². The highest BCUT2D eigenvalue weighted by Gasteiger charge is 2.36. The van der Waals surface area contributed by atoms with Crippen LogP contribution in [0.25, 0.3) is 0 Å². The first-order chi connectivity index (χ1) is 17.3. The van der Waals surface area contributed by atoms with Gasteiger partial charge in [-0.25, -0.2) is 0 Å². The minimum absolute atomic E-state index is 0.00401. The number of sulfonamides is 1. The molecular weight excluding hydrogens is 478 g/mol. The van der Waals surface area contributed by atoms with Crippen LogP contribution >= 0.6 is 0 Å². The van der Waals surface area contributed by atoms with Gasteiger partial charge in [0.15, 0.2) is 5.84 Å². The molecule has 1 saturated heterocycles. The van der Waals surface area contributed by atoms with Crippen molar-refractivity contribution >= 4 is 39.1 Å². The summed E-state index contributed by atoms with van der Waals surface area (Å²) in [5, 5.41) is 0. The predicted molar refractivity (Wildman–Crippen MR) is 137 cm³/mol. The van der Waals surface area contributed by atoms with Crippen molar-refractivity contribution in [3.05, 3.63) is 90.0 Å². The molecule has 184 valence electrons. The zero-order chi connectivity index (χ0) is 25.3. The standard InChI is InChI=1S/C27H25N3O5S/c1-19-8-7-11-22(16-19)29(26-23-12-5-6-13-24(23)36(33,34)28-26)14-15-35-27(32)20-17-25(31)30(18-20)21-9-3-2-4-10-21/h2-13,16,20H,14-15,17-18H2,1H3/t20-/m0/s1. The molecule has 3 aromatic rings. The van der Waals surface area contributed by atoms with Gasteiger partial charge in [0.2, 0.25) is 5.91 Å². The van der Waals surface area contributed by atoms with Crippen molar-refractivity contribution in [1.82, 2.24) is 0 Å². The van der Waals surface area contributed by atoms with E-state index in [9.17, 15) is 18.0 Å². The molecule has 0 radical (unpaired) electrons. The molecule has 0 aromatic heterocycles. The van der Waals surface area contributed by atoms with Crippen LogP contribution in [-0.2, 0) is 24.3 Å². The Kier molecular flexibility index (Phi) is 6.32. The van der Waals surface area contributed by atoms with Crippen LogP contribution < -0.4 is 9.80 Å². The number of hydrogen-bond acceptors (Lipinski definition) is 6. The van der Waals surface area contributed by atoms with Crippen LogP contribution in [0.1, 0.15) is 17.5 Å². The molecule has 9 heteroatoms. The van der Waals surface area contributed by atoms with Gasteiger partial charge in [0.05, 0.1) is 12.5 Å². The number of carbonyl (C=O) groups excluding carboxylic acids is 2. The second-order valence-electron chi connectivity index (χ2n) is 8.79. The van der Waals surface area contributed by atoms with E-state index in [0.717, 1.165) is 16.9 Å². The molecule has 0 spiro atoms. The summed E-state index contributed by atoms with van der Waals surface area (Å²) in [6.07, 6.45) is 0.0909. The molecule has 3 aromatic carbocycles. The Labute approximate surface area is 209 Å². The number of hydrogen-bond donors (Lipinski definition) is 0. The molecule has 5 rings (SSSR count). The zero-order valence-electron chi connectivity index (χ0n) is 19.7. The number of fused-ring (bicyclic) bond motifs is 1. The molecule has 1 fully saturated rings. The Bertz CT molecular complexity index is 1450. The third-order valence-electron chi connectivity index (χ3n) is 6.27. The fraction of sp³-hybridized carbons (Fsp3) is 0.222. The monoisotopic (exact) mass is 503 g/mol. The smallest absolute Gasteiger partial charge is 0.311 e. The molecule has 1 atom stereocenters. The molecule has 2 heterocycles. The van der Waals surface area contributed by atoms with E-state index in [1.165, 1.54) is 6.07 Å². The first-order valence-electron chi connectivity index (χ1n) is 11.6. The molecule has 0 aliphatic carbocycles. The average Bonchev–Trinajstić information content (AvgIpc) is 3.39. The van der Waals surface area contributed by atoms with Gasteiger partial charge in [-0.15, -0.1) is 4.40 Å². The molecule has 2 aliphatic heterocycles. The first-order valence-corrected chi connectivity index (χ1v) is 13.1. The minimum Gasteiger partial charge on any atom is -0.464 e. The Hall–Kier alpha value is -3.98. The van der Waals surface area contributed by atoms with Crippen LogP contribution in [0.15, 0.2) is 88.2 Å². The number of benzene rings is 3. The van der Waals surface area contributed by atoms with E-state index in [2.05, 4.69) is 4.40 Å². The lowest BCUT2D eigenvalue weighted by atomic mass is 10.1. The number of carbonyl (C=O) groups is 2. The van der Waals surface area contributed by atoms with Crippen LogP contribution in [0.5, 0.6) is 0 Å². The number of anilines is 2. The summed E-state index contributed by atoms with van der Waals surface area (Å²) >= 11 is 0. The summed E-state index contributed by atoms with van der Waals surface area (Å²) in [7, 11) is -3.82.